The lowest BCUT2D eigenvalue weighted by atomic mass is 9.97. The summed E-state index contributed by atoms with van der Waals surface area (Å²) in [5, 5.41) is 2.09. The number of aromatic nitrogens is 2. The Morgan fingerprint density at radius 1 is 1.36 bits per heavy atom. The van der Waals surface area contributed by atoms with Gasteiger partial charge in [0.25, 0.3) is 0 Å². The third kappa shape index (κ3) is 3.43. The molecule has 0 unspecified atom stereocenters. The van der Waals surface area contributed by atoms with Crippen molar-refractivity contribution in [3.05, 3.63) is 16.8 Å². The van der Waals surface area contributed by atoms with Crippen LogP contribution in [0.3, 0.4) is 0 Å². The molecule has 0 amide bonds. The van der Waals surface area contributed by atoms with Gasteiger partial charge >= 0.3 is 5.97 Å². The standard InChI is InChI=1S/C16H20N2O2S2/c1-10(2)7-20-13(19)8-21-15-14-11-5-3-4-6-12(11)22-16(14)18-9-17-15/h9-10H,3-8H2,1-2H3. The van der Waals surface area contributed by atoms with Crippen LogP contribution in [0.5, 0.6) is 0 Å². The van der Waals surface area contributed by atoms with Crippen molar-refractivity contribution in [3.8, 4) is 0 Å². The molecule has 22 heavy (non-hydrogen) atoms. The highest BCUT2D eigenvalue weighted by Crippen LogP contribution is 2.39. The van der Waals surface area contributed by atoms with Crippen molar-refractivity contribution in [1.82, 2.24) is 9.97 Å². The summed E-state index contributed by atoms with van der Waals surface area (Å²) in [6.45, 7) is 4.55. The first-order chi connectivity index (χ1) is 10.6. The molecule has 2 heterocycles. The molecule has 3 rings (SSSR count). The van der Waals surface area contributed by atoms with E-state index in [1.165, 1.54) is 40.4 Å². The van der Waals surface area contributed by atoms with E-state index in [9.17, 15) is 4.79 Å². The van der Waals surface area contributed by atoms with Crippen molar-refractivity contribution in [2.45, 2.75) is 44.6 Å². The van der Waals surface area contributed by atoms with Crippen LogP contribution in [0, 0.1) is 5.92 Å². The quantitative estimate of drug-likeness (QED) is 0.471. The molecular formula is C16H20N2O2S2. The van der Waals surface area contributed by atoms with Crippen LogP contribution in [-0.4, -0.2) is 28.3 Å². The summed E-state index contributed by atoms with van der Waals surface area (Å²) < 4.78 is 5.23. The van der Waals surface area contributed by atoms with Crippen LogP contribution in [0.2, 0.25) is 0 Å². The van der Waals surface area contributed by atoms with Gasteiger partial charge in [-0.05, 0) is 37.2 Å². The summed E-state index contributed by atoms with van der Waals surface area (Å²) in [5.74, 6) is 0.502. The summed E-state index contributed by atoms with van der Waals surface area (Å²) in [5.41, 5.74) is 1.41. The summed E-state index contributed by atoms with van der Waals surface area (Å²) in [7, 11) is 0. The van der Waals surface area contributed by atoms with Crippen LogP contribution < -0.4 is 0 Å². The van der Waals surface area contributed by atoms with Gasteiger partial charge in [0.2, 0.25) is 0 Å². The lowest BCUT2D eigenvalue weighted by Gasteiger charge is -2.11. The maximum Gasteiger partial charge on any atom is 0.316 e. The number of thiophene rings is 1. The molecule has 2 aromatic rings. The van der Waals surface area contributed by atoms with Crippen LogP contribution in [-0.2, 0) is 22.4 Å². The van der Waals surface area contributed by atoms with Crippen LogP contribution in [0.1, 0.15) is 37.1 Å². The van der Waals surface area contributed by atoms with Gasteiger partial charge in [-0.25, -0.2) is 9.97 Å². The van der Waals surface area contributed by atoms with E-state index in [1.54, 1.807) is 17.7 Å². The predicted octanol–water partition coefficient (Wildman–Crippen LogP) is 3.86. The van der Waals surface area contributed by atoms with Gasteiger partial charge in [-0.2, -0.15) is 0 Å². The van der Waals surface area contributed by atoms with Crippen molar-refractivity contribution < 1.29 is 9.53 Å². The largest absolute Gasteiger partial charge is 0.465 e. The van der Waals surface area contributed by atoms with Crippen LogP contribution in [0.4, 0.5) is 0 Å². The molecule has 0 aliphatic heterocycles. The van der Waals surface area contributed by atoms with Crippen molar-refractivity contribution in [1.29, 1.82) is 0 Å². The molecule has 118 valence electrons. The first kappa shape index (κ1) is 15.7. The summed E-state index contributed by atoms with van der Waals surface area (Å²) in [6, 6.07) is 0. The molecule has 2 aromatic heterocycles. The third-order valence-electron chi connectivity index (χ3n) is 3.62. The zero-order valence-corrected chi connectivity index (χ0v) is 14.6. The molecule has 1 aliphatic rings. The highest BCUT2D eigenvalue weighted by atomic mass is 32.2. The number of fused-ring (bicyclic) bond motifs is 3. The number of aryl methyl sites for hydroxylation is 2. The first-order valence-electron chi connectivity index (χ1n) is 7.69. The van der Waals surface area contributed by atoms with Gasteiger partial charge in [0.15, 0.2) is 0 Å². The van der Waals surface area contributed by atoms with Crippen molar-refractivity contribution in [2.24, 2.45) is 5.92 Å². The number of nitrogens with zero attached hydrogens (tertiary/aromatic N) is 2. The number of rotatable bonds is 5. The molecule has 1 aliphatic carbocycles. The van der Waals surface area contributed by atoms with Crippen LogP contribution >= 0.6 is 23.1 Å². The fourth-order valence-corrected chi connectivity index (χ4v) is 4.72. The van der Waals surface area contributed by atoms with Gasteiger partial charge in [0.05, 0.1) is 12.4 Å². The Bertz CT molecular complexity index is 682. The van der Waals surface area contributed by atoms with Crippen LogP contribution in [0.25, 0.3) is 10.2 Å². The molecule has 0 spiro atoms. The van der Waals surface area contributed by atoms with E-state index in [0.717, 1.165) is 22.7 Å². The first-order valence-corrected chi connectivity index (χ1v) is 9.49. The lowest BCUT2D eigenvalue weighted by molar-refractivity contribution is -0.141. The van der Waals surface area contributed by atoms with Gasteiger partial charge in [0.1, 0.15) is 16.2 Å². The van der Waals surface area contributed by atoms with E-state index in [0.29, 0.717) is 18.3 Å². The van der Waals surface area contributed by atoms with E-state index in [1.807, 2.05) is 13.8 Å². The highest BCUT2D eigenvalue weighted by molar-refractivity contribution is 8.00. The molecule has 0 bridgehead atoms. The Kier molecular flexibility index (Phi) is 4.98. The second-order valence-corrected chi connectivity index (χ2v) is 7.98. The Hall–Kier alpha value is -1.14. The monoisotopic (exact) mass is 336 g/mol. The number of thioether (sulfide) groups is 1. The molecule has 0 fully saturated rings. The Morgan fingerprint density at radius 3 is 3.00 bits per heavy atom. The van der Waals surface area contributed by atoms with Crippen LogP contribution in [0.15, 0.2) is 11.4 Å². The Morgan fingerprint density at radius 2 is 2.18 bits per heavy atom. The average Bonchev–Trinajstić information content (AvgIpc) is 2.90. The number of hydrogen-bond donors (Lipinski definition) is 0. The van der Waals surface area contributed by atoms with E-state index in [-0.39, 0.29) is 5.97 Å². The maximum absolute atomic E-state index is 11.8. The fraction of sp³-hybridized carbons (Fsp3) is 0.562. The lowest BCUT2D eigenvalue weighted by Crippen LogP contribution is -2.12. The zero-order chi connectivity index (χ0) is 15.5. The fourth-order valence-electron chi connectivity index (χ4n) is 2.60. The zero-order valence-electron chi connectivity index (χ0n) is 12.9. The van der Waals surface area contributed by atoms with E-state index in [4.69, 9.17) is 4.74 Å². The number of carbonyl (C=O) groups excluding carboxylic acids is 1. The molecule has 6 heteroatoms. The maximum atomic E-state index is 11.8. The minimum absolute atomic E-state index is 0.172. The minimum atomic E-state index is -0.172. The predicted molar refractivity (Wildman–Crippen MR) is 90.6 cm³/mol. The third-order valence-corrected chi connectivity index (χ3v) is 5.78. The summed E-state index contributed by atoms with van der Waals surface area (Å²) in [6.07, 6.45) is 6.35. The smallest absolute Gasteiger partial charge is 0.316 e. The van der Waals surface area contributed by atoms with E-state index in [2.05, 4.69) is 9.97 Å². The van der Waals surface area contributed by atoms with Gasteiger partial charge < -0.3 is 4.74 Å². The van der Waals surface area contributed by atoms with E-state index >= 15 is 0 Å². The molecule has 0 atom stereocenters. The van der Waals surface area contributed by atoms with E-state index < -0.39 is 0 Å². The molecule has 0 aromatic carbocycles. The molecule has 0 saturated heterocycles. The Labute approximate surface area is 138 Å². The Balaban J connectivity index is 1.76. The highest BCUT2D eigenvalue weighted by Gasteiger charge is 2.20. The number of ether oxygens (including phenoxy) is 1. The van der Waals surface area contributed by atoms with Gasteiger partial charge in [-0.15, -0.1) is 11.3 Å². The molecule has 0 saturated carbocycles. The van der Waals surface area contributed by atoms with Crippen molar-refractivity contribution >= 4 is 39.3 Å². The second-order valence-electron chi connectivity index (χ2n) is 5.94. The second kappa shape index (κ2) is 6.96. The number of esters is 1. The van der Waals surface area contributed by atoms with Crippen molar-refractivity contribution in [3.63, 3.8) is 0 Å². The average molecular weight is 336 g/mol. The van der Waals surface area contributed by atoms with Gasteiger partial charge in [-0.3, -0.25) is 4.79 Å². The topological polar surface area (TPSA) is 52.1 Å². The SMILES string of the molecule is CC(C)COC(=O)CSc1ncnc2sc3c(c12)CCCC3. The number of carbonyl (C=O) groups is 1. The summed E-state index contributed by atoms with van der Waals surface area (Å²) >= 11 is 3.25. The molecule has 4 nitrogen and oxygen atoms in total. The normalized spacial score (nSPS) is 14.3. The van der Waals surface area contributed by atoms with Gasteiger partial charge in [-0.1, -0.05) is 25.6 Å². The summed E-state index contributed by atoms with van der Waals surface area (Å²) in [4.78, 5) is 23.1. The van der Waals surface area contributed by atoms with Crippen molar-refractivity contribution in [2.75, 3.05) is 12.4 Å². The molecule has 0 N–H and O–H groups in total. The number of hydrogen-bond acceptors (Lipinski definition) is 6. The van der Waals surface area contributed by atoms with Gasteiger partial charge in [0, 0.05) is 10.3 Å². The minimum Gasteiger partial charge on any atom is -0.465 e. The molecule has 0 radical (unpaired) electrons. The molecular weight excluding hydrogens is 316 g/mol.